The number of anilines is 2. The highest BCUT2D eigenvalue weighted by molar-refractivity contribution is 6.07. The lowest BCUT2D eigenvalue weighted by Crippen LogP contribution is -2.15. The van der Waals surface area contributed by atoms with Crippen LogP contribution in [0, 0.1) is 0 Å². The molecule has 0 aliphatic rings. The predicted octanol–water partition coefficient (Wildman–Crippen LogP) is 3.88. The van der Waals surface area contributed by atoms with E-state index >= 15 is 0 Å². The molecule has 25 heavy (non-hydrogen) atoms. The molecule has 0 aliphatic heterocycles. The fraction of sp³-hybridized carbons (Fsp3) is 0.263. The van der Waals surface area contributed by atoms with Crippen molar-refractivity contribution >= 4 is 28.3 Å². The first kappa shape index (κ1) is 16.8. The summed E-state index contributed by atoms with van der Waals surface area (Å²) in [4.78, 5) is 25.1. The third-order valence-corrected chi connectivity index (χ3v) is 3.87. The van der Waals surface area contributed by atoms with E-state index in [1.165, 1.54) is 12.7 Å². The van der Waals surface area contributed by atoms with Gasteiger partial charge in [0.05, 0.1) is 11.2 Å². The maximum Gasteiger partial charge on any atom is 0.274 e. The van der Waals surface area contributed by atoms with Gasteiger partial charge in [-0.25, -0.2) is 9.97 Å². The maximum atomic E-state index is 12.5. The van der Waals surface area contributed by atoms with Crippen molar-refractivity contribution in [2.45, 2.75) is 26.2 Å². The molecule has 0 unspecified atom stereocenters. The lowest BCUT2D eigenvalue weighted by Gasteiger charge is -2.09. The Labute approximate surface area is 146 Å². The Morgan fingerprint density at radius 3 is 2.84 bits per heavy atom. The van der Waals surface area contributed by atoms with Crippen LogP contribution in [0.2, 0.25) is 0 Å². The SMILES string of the molecule is CCCCCNc1cc(C(=O)Nc2cccc3cccnc23)ncn1. The molecule has 0 bridgehead atoms. The molecule has 0 fully saturated rings. The number of benzene rings is 1. The van der Waals surface area contributed by atoms with E-state index in [-0.39, 0.29) is 5.91 Å². The molecule has 0 saturated heterocycles. The van der Waals surface area contributed by atoms with E-state index in [2.05, 4.69) is 32.5 Å². The quantitative estimate of drug-likeness (QED) is 0.641. The second kappa shape index (κ2) is 8.19. The van der Waals surface area contributed by atoms with Crippen molar-refractivity contribution in [1.29, 1.82) is 0 Å². The molecule has 6 heteroatoms. The van der Waals surface area contributed by atoms with Crippen LogP contribution in [0.1, 0.15) is 36.7 Å². The van der Waals surface area contributed by atoms with Gasteiger partial charge in [0.1, 0.15) is 17.8 Å². The van der Waals surface area contributed by atoms with Crippen LogP contribution >= 0.6 is 0 Å². The molecule has 3 rings (SSSR count). The number of hydrogen-bond acceptors (Lipinski definition) is 5. The van der Waals surface area contributed by atoms with Crippen LogP contribution in [0.3, 0.4) is 0 Å². The van der Waals surface area contributed by atoms with Gasteiger partial charge in [-0.05, 0) is 18.6 Å². The van der Waals surface area contributed by atoms with Gasteiger partial charge in [0.25, 0.3) is 5.91 Å². The summed E-state index contributed by atoms with van der Waals surface area (Å²) in [6, 6.07) is 11.2. The molecule has 1 aromatic carbocycles. The summed E-state index contributed by atoms with van der Waals surface area (Å²) in [5.74, 6) is 0.379. The minimum Gasteiger partial charge on any atom is -0.370 e. The van der Waals surface area contributed by atoms with E-state index in [1.54, 1.807) is 12.3 Å². The average molecular weight is 335 g/mol. The molecule has 0 saturated carbocycles. The number of para-hydroxylation sites is 1. The molecular formula is C19H21N5O. The lowest BCUT2D eigenvalue weighted by atomic mass is 10.2. The number of pyridine rings is 1. The largest absolute Gasteiger partial charge is 0.370 e. The van der Waals surface area contributed by atoms with Gasteiger partial charge < -0.3 is 10.6 Å². The van der Waals surface area contributed by atoms with Crippen molar-refractivity contribution in [3.05, 3.63) is 54.6 Å². The van der Waals surface area contributed by atoms with Crippen molar-refractivity contribution in [3.8, 4) is 0 Å². The fourth-order valence-corrected chi connectivity index (χ4v) is 2.56. The van der Waals surface area contributed by atoms with Gasteiger partial charge in [-0.1, -0.05) is 38.0 Å². The van der Waals surface area contributed by atoms with Gasteiger partial charge in [0.15, 0.2) is 0 Å². The van der Waals surface area contributed by atoms with Crippen LogP contribution in [0.4, 0.5) is 11.5 Å². The van der Waals surface area contributed by atoms with Gasteiger partial charge in [-0.3, -0.25) is 9.78 Å². The molecule has 0 aliphatic carbocycles. The summed E-state index contributed by atoms with van der Waals surface area (Å²) in [5.41, 5.74) is 1.74. The zero-order valence-electron chi connectivity index (χ0n) is 14.2. The van der Waals surface area contributed by atoms with Crippen molar-refractivity contribution in [1.82, 2.24) is 15.0 Å². The number of hydrogen-bond donors (Lipinski definition) is 2. The highest BCUT2D eigenvalue weighted by Crippen LogP contribution is 2.21. The number of carbonyl (C=O) groups excluding carboxylic acids is 1. The van der Waals surface area contributed by atoms with Crippen LogP contribution in [0.5, 0.6) is 0 Å². The van der Waals surface area contributed by atoms with Crippen LogP contribution in [0.25, 0.3) is 10.9 Å². The Balaban J connectivity index is 1.72. The molecule has 128 valence electrons. The normalized spacial score (nSPS) is 10.6. The standard InChI is InChI=1S/C19H21N5O/c1-2-3-4-10-20-17-12-16(22-13-23-17)19(25)24-15-9-5-7-14-8-6-11-21-18(14)15/h5-9,11-13H,2-4,10H2,1H3,(H,24,25)(H,20,22,23). The molecule has 1 amide bonds. The fourth-order valence-electron chi connectivity index (χ4n) is 2.56. The minimum atomic E-state index is -0.280. The summed E-state index contributed by atoms with van der Waals surface area (Å²) in [7, 11) is 0. The number of nitrogens with zero attached hydrogens (tertiary/aromatic N) is 3. The molecular weight excluding hydrogens is 314 g/mol. The van der Waals surface area contributed by atoms with E-state index in [0.29, 0.717) is 17.2 Å². The van der Waals surface area contributed by atoms with Crippen LogP contribution in [-0.2, 0) is 0 Å². The van der Waals surface area contributed by atoms with Gasteiger partial charge in [0.2, 0.25) is 0 Å². The molecule has 0 radical (unpaired) electrons. The minimum absolute atomic E-state index is 0.280. The molecule has 2 aromatic heterocycles. The van der Waals surface area contributed by atoms with Crippen LogP contribution in [-0.4, -0.2) is 27.4 Å². The topological polar surface area (TPSA) is 79.8 Å². The number of carbonyl (C=O) groups is 1. The highest BCUT2D eigenvalue weighted by Gasteiger charge is 2.11. The zero-order chi connectivity index (χ0) is 17.5. The molecule has 2 N–H and O–H groups in total. The van der Waals surface area contributed by atoms with E-state index in [1.807, 2.05) is 30.3 Å². The molecule has 3 aromatic rings. The molecule has 6 nitrogen and oxygen atoms in total. The first-order valence-electron chi connectivity index (χ1n) is 8.49. The van der Waals surface area contributed by atoms with Gasteiger partial charge in [-0.15, -0.1) is 0 Å². The summed E-state index contributed by atoms with van der Waals surface area (Å²) >= 11 is 0. The van der Waals surface area contributed by atoms with E-state index in [0.717, 1.165) is 30.3 Å². The molecule has 2 heterocycles. The lowest BCUT2D eigenvalue weighted by molar-refractivity contribution is 0.102. The van der Waals surface area contributed by atoms with Crippen molar-refractivity contribution in [3.63, 3.8) is 0 Å². The van der Waals surface area contributed by atoms with Gasteiger partial charge in [-0.2, -0.15) is 0 Å². The maximum absolute atomic E-state index is 12.5. The molecule has 0 spiro atoms. The molecule has 0 atom stereocenters. The Hall–Kier alpha value is -3.02. The first-order chi connectivity index (χ1) is 12.3. The predicted molar refractivity (Wildman–Crippen MR) is 99.7 cm³/mol. The smallest absolute Gasteiger partial charge is 0.274 e. The second-order valence-electron chi connectivity index (χ2n) is 5.76. The number of amides is 1. The van der Waals surface area contributed by atoms with E-state index < -0.39 is 0 Å². The Kier molecular flexibility index (Phi) is 5.51. The van der Waals surface area contributed by atoms with E-state index in [9.17, 15) is 4.79 Å². The van der Waals surface area contributed by atoms with Gasteiger partial charge in [0, 0.05) is 24.2 Å². The Bertz CT molecular complexity index is 860. The van der Waals surface area contributed by atoms with Crippen molar-refractivity contribution in [2.24, 2.45) is 0 Å². The van der Waals surface area contributed by atoms with Crippen molar-refractivity contribution < 1.29 is 4.79 Å². The Morgan fingerprint density at radius 2 is 1.96 bits per heavy atom. The monoisotopic (exact) mass is 335 g/mol. The Morgan fingerprint density at radius 1 is 1.08 bits per heavy atom. The first-order valence-corrected chi connectivity index (χ1v) is 8.49. The van der Waals surface area contributed by atoms with Gasteiger partial charge >= 0.3 is 0 Å². The average Bonchev–Trinajstić information content (AvgIpc) is 2.66. The summed E-state index contributed by atoms with van der Waals surface area (Å²) in [5, 5.41) is 7.08. The summed E-state index contributed by atoms with van der Waals surface area (Å²) in [6.07, 6.45) is 6.51. The van der Waals surface area contributed by atoms with Crippen molar-refractivity contribution in [2.75, 3.05) is 17.2 Å². The number of rotatable bonds is 7. The second-order valence-corrected chi connectivity index (χ2v) is 5.76. The zero-order valence-corrected chi connectivity index (χ0v) is 14.2. The third-order valence-electron chi connectivity index (χ3n) is 3.87. The van der Waals surface area contributed by atoms with Crippen LogP contribution in [0.15, 0.2) is 48.9 Å². The number of unbranched alkanes of at least 4 members (excludes halogenated alkanes) is 2. The number of nitrogens with one attached hydrogen (secondary N) is 2. The summed E-state index contributed by atoms with van der Waals surface area (Å²) < 4.78 is 0. The highest BCUT2D eigenvalue weighted by atomic mass is 16.1. The summed E-state index contributed by atoms with van der Waals surface area (Å²) in [6.45, 7) is 2.99. The third kappa shape index (κ3) is 4.29. The number of aromatic nitrogens is 3. The number of fused-ring (bicyclic) bond motifs is 1. The van der Waals surface area contributed by atoms with E-state index in [4.69, 9.17) is 0 Å². The van der Waals surface area contributed by atoms with Crippen LogP contribution < -0.4 is 10.6 Å².